The van der Waals surface area contributed by atoms with Crippen molar-refractivity contribution in [2.45, 2.75) is 13.5 Å². The highest BCUT2D eigenvalue weighted by molar-refractivity contribution is 9.10. The molecule has 2 rings (SSSR count). The van der Waals surface area contributed by atoms with Gasteiger partial charge < -0.3 is 9.73 Å². The average molecular weight is 299 g/mol. The van der Waals surface area contributed by atoms with Crippen molar-refractivity contribution in [2.75, 3.05) is 6.54 Å². The molecule has 0 bridgehead atoms. The lowest BCUT2D eigenvalue weighted by Gasteiger charge is -1.99. The average Bonchev–Trinajstić information content (AvgIpc) is 2.79. The molecule has 1 aromatic carbocycles. The van der Waals surface area contributed by atoms with Crippen molar-refractivity contribution in [3.8, 4) is 11.3 Å². The second kappa shape index (κ2) is 5.42. The van der Waals surface area contributed by atoms with Gasteiger partial charge >= 0.3 is 0 Å². The number of hydrogen-bond acceptors (Lipinski definition) is 3. The highest BCUT2D eigenvalue weighted by Crippen LogP contribution is 2.25. The molecule has 0 radical (unpaired) electrons. The van der Waals surface area contributed by atoms with E-state index in [9.17, 15) is 4.39 Å². The van der Waals surface area contributed by atoms with Crippen LogP contribution in [0.1, 0.15) is 12.8 Å². The zero-order valence-electron chi connectivity index (χ0n) is 9.34. The Hall–Kier alpha value is -1.20. The van der Waals surface area contributed by atoms with Crippen molar-refractivity contribution in [1.82, 2.24) is 10.3 Å². The Labute approximate surface area is 107 Å². The highest BCUT2D eigenvalue weighted by Gasteiger charge is 2.08. The molecule has 5 heteroatoms. The Bertz CT molecular complexity index is 513. The maximum atomic E-state index is 13.1. The zero-order valence-corrected chi connectivity index (χ0v) is 10.9. The van der Waals surface area contributed by atoms with Crippen molar-refractivity contribution in [3.63, 3.8) is 0 Å². The van der Waals surface area contributed by atoms with E-state index in [2.05, 4.69) is 26.2 Å². The van der Waals surface area contributed by atoms with Crippen LogP contribution in [0.5, 0.6) is 0 Å². The van der Waals surface area contributed by atoms with Gasteiger partial charge in [-0.2, -0.15) is 0 Å². The molecule has 0 aliphatic rings. The van der Waals surface area contributed by atoms with E-state index in [1.54, 1.807) is 18.3 Å². The van der Waals surface area contributed by atoms with E-state index in [1.165, 1.54) is 6.07 Å². The van der Waals surface area contributed by atoms with Gasteiger partial charge in [-0.1, -0.05) is 6.92 Å². The van der Waals surface area contributed by atoms with Gasteiger partial charge in [-0.3, -0.25) is 0 Å². The van der Waals surface area contributed by atoms with Crippen LogP contribution in [0.3, 0.4) is 0 Å². The largest absolute Gasteiger partial charge is 0.439 e. The van der Waals surface area contributed by atoms with E-state index in [0.717, 1.165) is 12.1 Å². The third-order valence-corrected chi connectivity index (χ3v) is 2.89. The predicted molar refractivity (Wildman–Crippen MR) is 67.0 cm³/mol. The molecule has 0 fully saturated rings. The van der Waals surface area contributed by atoms with Gasteiger partial charge in [0.1, 0.15) is 5.82 Å². The maximum Gasteiger partial charge on any atom is 0.208 e. The lowest BCUT2D eigenvalue weighted by molar-refractivity contribution is 0.482. The molecular weight excluding hydrogens is 287 g/mol. The molecule has 2 aromatic rings. The van der Waals surface area contributed by atoms with Crippen molar-refractivity contribution in [3.05, 3.63) is 40.6 Å². The summed E-state index contributed by atoms with van der Waals surface area (Å²) in [4.78, 5) is 4.14. The minimum Gasteiger partial charge on any atom is -0.439 e. The normalized spacial score (nSPS) is 10.8. The Kier molecular flexibility index (Phi) is 3.91. The first-order valence-electron chi connectivity index (χ1n) is 5.31. The van der Waals surface area contributed by atoms with E-state index < -0.39 is 0 Å². The molecule has 1 heterocycles. The summed E-state index contributed by atoms with van der Waals surface area (Å²) in [6.07, 6.45) is 1.65. The smallest absolute Gasteiger partial charge is 0.208 e. The molecule has 0 atom stereocenters. The minimum atomic E-state index is -0.291. The van der Waals surface area contributed by atoms with Crippen molar-refractivity contribution >= 4 is 15.9 Å². The fourth-order valence-corrected chi connectivity index (χ4v) is 1.79. The van der Waals surface area contributed by atoms with Gasteiger partial charge in [0.05, 0.1) is 17.2 Å². The van der Waals surface area contributed by atoms with Gasteiger partial charge in [0.15, 0.2) is 5.76 Å². The van der Waals surface area contributed by atoms with E-state index >= 15 is 0 Å². The molecular formula is C12H12BrFN2O. The maximum absolute atomic E-state index is 13.1. The lowest BCUT2D eigenvalue weighted by Crippen LogP contribution is -2.11. The second-order valence-corrected chi connectivity index (χ2v) is 4.38. The first-order chi connectivity index (χ1) is 8.20. The van der Waals surface area contributed by atoms with Crippen molar-refractivity contribution in [2.24, 2.45) is 0 Å². The Morgan fingerprint density at radius 3 is 3.00 bits per heavy atom. The topological polar surface area (TPSA) is 38.1 Å². The summed E-state index contributed by atoms with van der Waals surface area (Å²) in [5, 5.41) is 3.12. The number of nitrogens with one attached hydrogen (secondary N) is 1. The minimum absolute atomic E-state index is 0.291. The molecule has 0 amide bonds. The molecule has 0 unspecified atom stereocenters. The van der Waals surface area contributed by atoms with Crippen LogP contribution < -0.4 is 5.32 Å². The monoisotopic (exact) mass is 298 g/mol. The van der Waals surface area contributed by atoms with Crippen LogP contribution in [-0.2, 0) is 6.54 Å². The fraction of sp³-hybridized carbons (Fsp3) is 0.250. The number of halogens is 2. The van der Waals surface area contributed by atoms with Crippen molar-refractivity contribution < 1.29 is 8.81 Å². The van der Waals surface area contributed by atoms with E-state index in [4.69, 9.17) is 4.42 Å². The SMILES string of the molecule is CCNCc1ncc(-c2ccc(F)c(Br)c2)o1. The van der Waals surface area contributed by atoms with Crippen LogP contribution in [0.4, 0.5) is 4.39 Å². The fourth-order valence-electron chi connectivity index (χ4n) is 1.41. The third kappa shape index (κ3) is 2.92. The lowest BCUT2D eigenvalue weighted by atomic mass is 10.2. The van der Waals surface area contributed by atoms with Gasteiger partial charge in [0.25, 0.3) is 0 Å². The molecule has 0 saturated carbocycles. The van der Waals surface area contributed by atoms with Crippen LogP contribution >= 0.6 is 15.9 Å². The van der Waals surface area contributed by atoms with Crippen LogP contribution in [0, 0.1) is 5.82 Å². The van der Waals surface area contributed by atoms with Crippen LogP contribution in [0.25, 0.3) is 11.3 Å². The molecule has 17 heavy (non-hydrogen) atoms. The van der Waals surface area contributed by atoms with Gasteiger partial charge in [-0.25, -0.2) is 9.37 Å². The molecule has 0 spiro atoms. The predicted octanol–water partition coefficient (Wildman–Crippen LogP) is 3.35. The van der Waals surface area contributed by atoms with Gasteiger partial charge in [0, 0.05) is 5.56 Å². The third-order valence-electron chi connectivity index (χ3n) is 2.28. The molecule has 3 nitrogen and oxygen atoms in total. The summed E-state index contributed by atoms with van der Waals surface area (Å²) < 4.78 is 19.0. The summed E-state index contributed by atoms with van der Waals surface area (Å²) in [6.45, 7) is 3.47. The first kappa shape index (κ1) is 12.3. The standard InChI is InChI=1S/C12H12BrFN2O/c1-2-15-7-12-16-6-11(17-12)8-3-4-10(14)9(13)5-8/h3-6,15H,2,7H2,1H3. The van der Waals surface area contributed by atoms with E-state index in [0.29, 0.717) is 22.7 Å². The molecule has 1 N–H and O–H groups in total. The number of nitrogens with zero attached hydrogens (tertiary/aromatic N) is 1. The Morgan fingerprint density at radius 1 is 1.47 bits per heavy atom. The molecule has 1 aromatic heterocycles. The van der Waals surface area contributed by atoms with Gasteiger partial charge in [0.2, 0.25) is 5.89 Å². The van der Waals surface area contributed by atoms with Crippen LogP contribution in [-0.4, -0.2) is 11.5 Å². The summed E-state index contributed by atoms with van der Waals surface area (Å²) >= 11 is 3.14. The quantitative estimate of drug-likeness (QED) is 0.941. The summed E-state index contributed by atoms with van der Waals surface area (Å²) in [5.41, 5.74) is 0.800. The highest BCUT2D eigenvalue weighted by atomic mass is 79.9. The summed E-state index contributed by atoms with van der Waals surface area (Å²) in [7, 11) is 0. The Morgan fingerprint density at radius 2 is 2.29 bits per heavy atom. The first-order valence-corrected chi connectivity index (χ1v) is 6.11. The number of rotatable bonds is 4. The van der Waals surface area contributed by atoms with E-state index in [1.807, 2.05) is 6.92 Å². The molecule has 0 saturated heterocycles. The van der Waals surface area contributed by atoms with E-state index in [-0.39, 0.29) is 5.82 Å². The van der Waals surface area contributed by atoms with Crippen LogP contribution in [0.2, 0.25) is 0 Å². The number of aromatic nitrogens is 1. The second-order valence-electron chi connectivity index (χ2n) is 3.53. The zero-order chi connectivity index (χ0) is 12.3. The summed E-state index contributed by atoms with van der Waals surface area (Å²) in [6, 6.07) is 4.73. The van der Waals surface area contributed by atoms with Gasteiger partial charge in [-0.15, -0.1) is 0 Å². The van der Waals surface area contributed by atoms with Crippen LogP contribution in [0.15, 0.2) is 33.3 Å². The Balaban J connectivity index is 2.21. The molecule has 90 valence electrons. The summed E-state index contributed by atoms with van der Waals surface area (Å²) in [5.74, 6) is 0.974. The van der Waals surface area contributed by atoms with Crippen molar-refractivity contribution in [1.29, 1.82) is 0 Å². The molecule has 0 aliphatic carbocycles. The number of benzene rings is 1. The number of hydrogen-bond donors (Lipinski definition) is 1. The number of oxazole rings is 1. The van der Waals surface area contributed by atoms with Gasteiger partial charge in [-0.05, 0) is 40.7 Å². The molecule has 0 aliphatic heterocycles.